The van der Waals surface area contributed by atoms with E-state index in [9.17, 15) is 4.79 Å². The maximum Gasteiger partial charge on any atom is 0.217 e. The first-order valence-corrected chi connectivity index (χ1v) is 8.87. The van der Waals surface area contributed by atoms with E-state index >= 15 is 0 Å². The molecule has 3 N–H and O–H groups in total. The van der Waals surface area contributed by atoms with Gasteiger partial charge in [0.2, 0.25) is 5.91 Å². The molecule has 0 fully saturated rings. The van der Waals surface area contributed by atoms with Crippen LogP contribution in [0.1, 0.15) is 78.1 Å². The van der Waals surface area contributed by atoms with Crippen molar-refractivity contribution in [2.75, 3.05) is 0 Å². The molecule has 0 spiro atoms. The molecule has 138 valence electrons. The number of nitrogens with one attached hydrogen (secondary N) is 1. The Kier molecular flexibility index (Phi) is 21.4. The summed E-state index contributed by atoms with van der Waals surface area (Å²) in [5.41, 5.74) is 5.05. The van der Waals surface area contributed by atoms with Crippen molar-refractivity contribution in [2.24, 2.45) is 5.73 Å². The molecular formula is C19H34N2O3. The predicted octanol–water partition coefficient (Wildman–Crippen LogP) is 2.65. The first kappa shape index (κ1) is 24.3. The molecule has 1 rings (SSSR count). The molecule has 0 saturated carbocycles. The Morgan fingerprint density at radius 2 is 1.29 bits per heavy atom. The topological polar surface area (TPSA) is 97.4 Å². The maximum atomic E-state index is 10.4. The lowest BCUT2D eigenvalue weighted by molar-refractivity contribution is -0.378. The number of rotatable bonds is 10. The lowest BCUT2D eigenvalue weighted by Gasteiger charge is -2.00. The van der Waals surface area contributed by atoms with Gasteiger partial charge in [0.1, 0.15) is 0 Å². The first-order chi connectivity index (χ1) is 11.5. The van der Waals surface area contributed by atoms with Crippen LogP contribution in [0.4, 0.5) is 0 Å². The van der Waals surface area contributed by atoms with Crippen molar-refractivity contribution in [1.29, 1.82) is 0 Å². The summed E-state index contributed by atoms with van der Waals surface area (Å²) < 4.78 is 0. The lowest BCUT2D eigenvalue weighted by atomic mass is 10.1. The Bertz CT molecular complexity index is 353. The second-order valence-electron chi connectivity index (χ2n) is 5.61. The van der Waals surface area contributed by atoms with Crippen LogP contribution in [-0.2, 0) is 9.59 Å². The van der Waals surface area contributed by atoms with Gasteiger partial charge in [0.15, 0.2) is 12.4 Å². The highest BCUT2D eigenvalue weighted by Gasteiger charge is 1.94. The summed E-state index contributed by atoms with van der Waals surface area (Å²) in [6, 6.07) is 5.86. The Labute approximate surface area is 146 Å². The molecule has 0 atom stereocenters. The highest BCUT2D eigenvalue weighted by Crippen LogP contribution is 2.10. The molecule has 0 bridgehead atoms. The van der Waals surface area contributed by atoms with Crippen molar-refractivity contribution in [2.45, 2.75) is 78.1 Å². The van der Waals surface area contributed by atoms with Gasteiger partial charge in [0, 0.05) is 24.5 Å². The summed E-state index contributed by atoms with van der Waals surface area (Å²) >= 11 is 0. The number of hydrogen-bond donors (Lipinski definition) is 1. The van der Waals surface area contributed by atoms with Crippen LogP contribution in [0, 0.1) is 0 Å². The number of carboxylic acids is 1. The van der Waals surface area contributed by atoms with Gasteiger partial charge in [0.25, 0.3) is 0 Å². The van der Waals surface area contributed by atoms with Gasteiger partial charge >= 0.3 is 0 Å². The average molecular weight is 338 g/mol. The zero-order chi connectivity index (χ0) is 18.5. The Morgan fingerprint density at radius 1 is 0.875 bits per heavy atom. The number of carbonyl (C=O) groups is 2. The summed E-state index contributed by atoms with van der Waals surface area (Å²) in [6.07, 6.45) is 15.9. The molecule has 1 heterocycles. The molecular weight excluding hydrogens is 304 g/mol. The monoisotopic (exact) mass is 338 g/mol. The minimum absolute atomic E-state index is 0.159. The second kappa shape index (κ2) is 21.1. The van der Waals surface area contributed by atoms with Crippen LogP contribution >= 0.6 is 0 Å². The molecule has 0 aliphatic rings. The van der Waals surface area contributed by atoms with Gasteiger partial charge < -0.3 is 15.6 Å². The normalized spacial score (nSPS) is 9.08. The standard InChI is InChI=1S/C12H25NO.C5H5N.C2H4O2/c1-2-3-4-5-6-7-8-9-10-11-12(13)14;1-2-4-6-5-3-1;1-2(3)4/h2-11H2,1H3,(H2,13,14);1-5H;1H3,(H,3,4). The highest BCUT2D eigenvalue weighted by molar-refractivity contribution is 5.73. The van der Waals surface area contributed by atoms with E-state index in [0.29, 0.717) is 6.42 Å². The van der Waals surface area contributed by atoms with Gasteiger partial charge in [0.05, 0.1) is 0 Å². The summed E-state index contributed by atoms with van der Waals surface area (Å²) in [4.78, 5) is 22.2. The summed E-state index contributed by atoms with van der Waals surface area (Å²) in [5, 5.41) is 8.89. The Hall–Kier alpha value is -1.91. The minimum Gasteiger partial charge on any atom is -0.550 e. The number of pyridine rings is 1. The molecule has 0 aromatic carbocycles. The highest BCUT2D eigenvalue weighted by atomic mass is 16.4. The van der Waals surface area contributed by atoms with Crippen molar-refractivity contribution < 1.29 is 19.7 Å². The largest absolute Gasteiger partial charge is 0.550 e. The van der Waals surface area contributed by atoms with E-state index in [4.69, 9.17) is 15.6 Å². The maximum absolute atomic E-state index is 10.4. The van der Waals surface area contributed by atoms with E-state index in [1.54, 1.807) is 0 Å². The second-order valence-corrected chi connectivity index (χ2v) is 5.61. The van der Waals surface area contributed by atoms with E-state index in [0.717, 1.165) is 19.8 Å². The fourth-order valence-electron chi connectivity index (χ4n) is 1.95. The van der Waals surface area contributed by atoms with Crippen LogP contribution in [0.3, 0.4) is 0 Å². The number of nitrogens with two attached hydrogens (primary N) is 1. The summed E-state index contributed by atoms with van der Waals surface area (Å²) in [5.74, 6) is -1.24. The van der Waals surface area contributed by atoms with E-state index in [-0.39, 0.29) is 5.91 Å². The van der Waals surface area contributed by atoms with E-state index in [1.807, 2.05) is 30.6 Å². The molecule has 1 amide bonds. The van der Waals surface area contributed by atoms with Crippen LogP contribution in [0.15, 0.2) is 30.6 Å². The van der Waals surface area contributed by atoms with Gasteiger partial charge in [-0.3, -0.25) is 4.79 Å². The predicted molar refractivity (Wildman–Crippen MR) is 94.7 cm³/mol. The van der Waals surface area contributed by atoms with Crippen LogP contribution in [0.25, 0.3) is 0 Å². The van der Waals surface area contributed by atoms with Crippen LogP contribution in [0.5, 0.6) is 0 Å². The van der Waals surface area contributed by atoms with Crippen molar-refractivity contribution in [3.63, 3.8) is 0 Å². The zero-order valence-electron chi connectivity index (χ0n) is 15.3. The van der Waals surface area contributed by atoms with Crippen molar-refractivity contribution in [3.05, 3.63) is 30.6 Å². The lowest BCUT2D eigenvalue weighted by Crippen LogP contribution is -2.16. The van der Waals surface area contributed by atoms with Crippen molar-refractivity contribution in [1.82, 2.24) is 0 Å². The van der Waals surface area contributed by atoms with Crippen LogP contribution < -0.4 is 15.8 Å². The number of H-pyrrole nitrogens is 1. The first-order valence-electron chi connectivity index (χ1n) is 8.87. The molecule has 5 nitrogen and oxygen atoms in total. The zero-order valence-corrected chi connectivity index (χ0v) is 15.3. The number of unbranched alkanes of at least 4 members (excludes halogenated alkanes) is 8. The molecule has 0 radical (unpaired) electrons. The van der Waals surface area contributed by atoms with Crippen molar-refractivity contribution >= 4 is 11.9 Å². The molecule has 0 aliphatic carbocycles. The van der Waals surface area contributed by atoms with Gasteiger partial charge in [-0.05, 0) is 13.3 Å². The number of aromatic nitrogens is 1. The number of carboxylic acid groups (broad SMARTS) is 1. The van der Waals surface area contributed by atoms with E-state index in [1.165, 1.54) is 44.9 Å². The van der Waals surface area contributed by atoms with Gasteiger partial charge in [-0.15, -0.1) is 0 Å². The Morgan fingerprint density at radius 3 is 1.58 bits per heavy atom. The Balaban J connectivity index is 0. The fourth-order valence-corrected chi connectivity index (χ4v) is 1.95. The van der Waals surface area contributed by atoms with E-state index < -0.39 is 5.97 Å². The average Bonchev–Trinajstić information content (AvgIpc) is 2.55. The number of hydrogen-bond acceptors (Lipinski definition) is 3. The number of carbonyl (C=O) groups excluding carboxylic acids is 2. The summed E-state index contributed by atoms with van der Waals surface area (Å²) in [6.45, 7) is 3.21. The summed E-state index contributed by atoms with van der Waals surface area (Å²) in [7, 11) is 0. The molecule has 0 saturated heterocycles. The van der Waals surface area contributed by atoms with Crippen LogP contribution in [-0.4, -0.2) is 11.9 Å². The molecule has 0 unspecified atom stereocenters. The van der Waals surface area contributed by atoms with Gasteiger partial charge in [-0.25, -0.2) is 4.98 Å². The third-order valence-electron chi connectivity index (χ3n) is 3.13. The van der Waals surface area contributed by atoms with Crippen molar-refractivity contribution in [3.8, 4) is 0 Å². The number of amides is 1. The van der Waals surface area contributed by atoms with Gasteiger partial charge in [-0.2, -0.15) is 0 Å². The van der Waals surface area contributed by atoms with Gasteiger partial charge in [-0.1, -0.05) is 64.4 Å². The molecule has 0 aliphatic heterocycles. The smallest absolute Gasteiger partial charge is 0.217 e. The molecule has 5 heteroatoms. The quantitative estimate of drug-likeness (QED) is 0.664. The SMILES string of the molecule is CC(=O)[O-].CCCCCCCCCCCC(N)=O.c1cc[nH+]cc1. The fraction of sp³-hybridized carbons (Fsp3) is 0.632. The molecule has 1 aromatic rings. The number of aromatic amines is 1. The number of aliphatic carboxylic acids is 1. The molecule has 24 heavy (non-hydrogen) atoms. The van der Waals surface area contributed by atoms with Crippen LogP contribution in [0.2, 0.25) is 0 Å². The van der Waals surface area contributed by atoms with E-state index in [2.05, 4.69) is 11.9 Å². The minimum atomic E-state index is -1.08. The third-order valence-corrected chi connectivity index (χ3v) is 3.13. The third kappa shape index (κ3) is 32.2. The number of primary amides is 1. The molecule has 1 aromatic heterocycles.